The largest absolute Gasteiger partial charge is 0.380 e. The first-order chi connectivity index (χ1) is 12.2. The molecule has 5 nitrogen and oxygen atoms in total. The molecule has 1 atom stereocenters. The van der Waals surface area contributed by atoms with Crippen LogP contribution < -0.4 is 5.32 Å². The molecule has 1 saturated heterocycles. The first-order valence-corrected chi connectivity index (χ1v) is 8.82. The van der Waals surface area contributed by atoms with E-state index in [1.807, 2.05) is 13.1 Å². The standard InChI is InChI=1S/C19H27FN4O.HI/c1-21-19(24-10-7-17(13-24)23-8-3-4-9-23)22-12-15-5-6-18(20)16(11-15)14-25-2;/h3-6,11,17H,7-10,12-14H2,1-2H3,(H,21,22);1H. The van der Waals surface area contributed by atoms with Crippen LogP contribution in [0.2, 0.25) is 0 Å². The van der Waals surface area contributed by atoms with Gasteiger partial charge in [0.2, 0.25) is 0 Å². The molecule has 26 heavy (non-hydrogen) atoms. The summed E-state index contributed by atoms with van der Waals surface area (Å²) in [6.07, 6.45) is 5.64. The molecular weight excluding hydrogens is 446 g/mol. The van der Waals surface area contributed by atoms with E-state index in [-0.39, 0.29) is 36.4 Å². The third-order valence-electron chi connectivity index (χ3n) is 4.90. The third-order valence-corrected chi connectivity index (χ3v) is 4.90. The minimum Gasteiger partial charge on any atom is -0.380 e. The summed E-state index contributed by atoms with van der Waals surface area (Å²) in [5.74, 6) is 0.684. The molecule has 3 rings (SSSR count). The Balaban J connectivity index is 0.00000243. The first-order valence-electron chi connectivity index (χ1n) is 8.82. The van der Waals surface area contributed by atoms with Crippen LogP contribution >= 0.6 is 24.0 Å². The van der Waals surface area contributed by atoms with Crippen LogP contribution in [0.4, 0.5) is 4.39 Å². The molecule has 0 aliphatic carbocycles. The molecule has 1 aromatic rings. The molecule has 7 heteroatoms. The van der Waals surface area contributed by atoms with Gasteiger partial charge in [-0.3, -0.25) is 9.89 Å². The Morgan fingerprint density at radius 3 is 2.81 bits per heavy atom. The number of rotatable bonds is 5. The normalized spacial score (nSPS) is 20.5. The Labute approximate surface area is 172 Å². The number of halogens is 2. The second-order valence-corrected chi connectivity index (χ2v) is 6.57. The van der Waals surface area contributed by atoms with Crippen molar-refractivity contribution in [3.8, 4) is 0 Å². The van der Waals surface area contributed by atoms with Gasteiger partial charge in [0, 0.05) is 58.5 Å². The zero-order valence-corrected chi connectivity index (χ0v) is 17.8. The van der Waals surface area contributed by atoms with Crippen LogP contribution in [0.15, 0.2) is 35.3 Å². The Kier molecular flexibility index (Phi) is 8.30. The highest BCUT2D eigenvalue weighted by Gasteiger charge is 2.29. The summed E-state index contributed by atoms with van der Waals surface area (Å²) < 4.78 is 18.8. The number of likely N-dealkylation sites (tertiary alicyclic amines) is 1. The predicted octanol–water partition coefficient (Wildman–Crippen LogP) is 2.61. The van der Waals surface area contributed by atoms with E-state index in [9.17, 15) is 4.39 Å². The van der Waals surface area contributed by atoms with E-state index in [2.05, 4.69) is 32.3 Å². The van der Waals surface area contributed by atoms with Crippen molar-refractivity contribution in [3.05, 3.63) is 47.3 Å². The van der Waals surface area contributed by atoms with Crippen molar-refractivity contribution in [2.45, 2.75) is 25.6 Å². The number of ether oxygens (including phenoxy) is 1. The van der Waals surface area contributed by atoms with Crippen molar-refractivity contribution in [1.82, 2.24) is 15.1 Å². The van der Waals surface area contributed by atoms with Crippen molar-refractivity contribution in [3.63, 3.8) is 0 Å². The van der Waals surface area contributed by atoms with E-state index in [1.165, 1.54) is 6.07 Å². The summed E-state index contributed by atoms with van der Waals surface area (Å²) in [4.78, 5) is 9.23. The van der Waals surface area contributed by atoms with E-state index in [0.29, 0.717) is 18.2 Å². The van der Waals surface area contributed by atoms with Crippen LogP contribution in [0.5, 0.6) is 0 Å². The minimum atomic E-state index is -0.225. The molecule has 2 aliphatic heterocycles. The predicted molar refractivity (Wildman–Crippen MR) is 113 cm³/mol. The highest BCUT2D eigenvalue weighted by atomic mass is 127. The van der Waals surface area contributed by atoms with Crippen molar-refractivity contribution in [2.75, 3.05) is 40.3 Å². The molecule has 1 fully saturated rings. The van der Waals surface area contributed by atoms with Crippen LogP contribution in [0.3, 0.4) is 0 Å². The van der Waals surface area contributed by atoms with E-state index in [0.717, 1.165) is 44.1 Å². The average Bonchev–Trinajstić information content (AvgIpc) is 3.29. The molecule has 1 unspecified atom stereocenters. The van der Waals surface area contributed by atoms with Crippen LogP contribution in [0.25, 0.3) is 0 Å². The van der Waals surface area contributed by atoms with Crippen molar-refractivity contribution < 1.29 is 9.13 Å². The minimum absolute atomic E-state index is 0. The van der Waals surface area contributed by atoms with Gasteiger partial charge < -0.3 is 15.0 Å². The second-order valence-electron chi connectivity index (χ2n) is 6.57. The summed E-state index contributed by atoms with van der Waals surface area (Å²) in [5.41, 5.74) is 1.61. The van der Waals surface area contributed by atoms with E-state index in [1.54, 1.807) is 13.2 Å². The monoisotopic (exact) mass is 474 g/mol. The number of hydrogen-bond acceptors (Lipinski definition) is 3. The van der Waals surface area contributed by atoms with Gasteiger partial charge in [-0.25, -0.2) is 4.39 Å². The third kappa shape index (κ3) is 5.17. The summed E-state index contributed by atoms with van der Waals surface area (Å²) in [6.45, 7) is 5.03. The maximum atomic E-state index is 13.7. The zero-order valence-electron chi connectivity index (χ0n) is 15.4. The van der Waals surface area contributed by atoms with Gasteiger partial charge in [-0.05, 0) is 24.1 Å². The lowest BCUT2D eigenvalue weighted by atomic mass is 10.1. The maximum Gasteiger partial charge on any atom is 0.193 e. The van der Waals surface area contributed by atoms with Crippen LogP contribution in [0, 0.1) is 5.82 Å². The Morgan fingerprint density at radius 1 is 1.35 bits per heavy atom. The molecule has 0 saturated carbocycles. The van der Waals surface area contributed by atoms with Crippen LogP contribution in [-0.2, 0) is 17.9 Å². The molecule has 0 amide bonds. The molecule has 0 bridgehead atoms. The van der Waals surface area contributed by atoms with Gasteiger partial charge >= 0.3 is 0 Å². The molecule has 2 aliphatic rings. The molecule has 2 heterocycles. The van der Waals surface area contributed by atoms with Crippen molar-refractivity contribution in [1.29, 1.82) is 0 Å². The summed E-state index contributed by atoms with van der Waals surface area (Å²) in [6, 6.07) is 5.74. The summed E-state index contributed by atoms with van der Waals surface area (Å²) in [7, 11) is 3.39. The van der Waals surface area contributed by atoms with Crippen LogP contribution in [0.1, 0.15) is 17.5 Å². The van der Waals surface area contributed by atoms with Crippen LogP contribution in [-0.4, -0.2) is 62.1 Å². The first kappa shape index (κ1) is 21.1. The molecule has 0 spiro atoms. The average molecular weight is 474 g/mol. The van der Waals surface area contributed by atoms with Gasteiger partial charge in [0.25, 0.3) is 0 Å². The second kappa shape index (κ2) is 10.2. The van der Waals surface area contributed by atoms with E-state index < -0.39 is 0 Å². The van der Waals surface area contributed by atoms with E-state index >= 15 is 0 Å². The molecule has 1 N–H and O–H groups in total. The summed E-state index contributed by atoms with van der Waals surface area (Å²) in [5, 5.41) is 3.41. The lowest BCUT2D eigenvalue weighted by molar-refractivity contribution is 0.181. The fourth-order valence-corrected chi connectivity index (χ4v) is 3.54. The topological polar surface area (TPSA) is 40.1 Å². The van der Waals surface area contributed by atoms with Crippen molar-refractivity contribution >= 4 is 29.9 Å². The molecular formula is C19H28FIN4O. The van der Waals surface area contributed by atoms with Gasteiger partial charge in [0.15, 0.2) is 5.96 Å². The lowest BCUT2D eigenvalue weighted by Gasteiger charge is -2.25. The smallest absolute Gasteiger partial charge is 0.193 e. The maximum absolute atomic E-state index is 13.7. The van der Waals surface area contributed by atoms with E-state index in [4.69, 9.17) is 4.74 Å². The zero-order chi connectivity index (χ0) is 17.6. The number of hydrogen-bond donors (Lipinski definition) is 1. The quantitative estimate of drug-likeness (QED) is 0.309. The van der Waals surface area contributed by atoms with Gasteiger partial charge in [-0.1, -0.05) is 18.2 Å². The number of methoxy groups -OCH3 is 1. The van der Waals surface area contributed by atoms with Gasteiger partial charge in [0.05, 0.1) is 6.61 Å². The number of nitrogens with one attached hydrogen (secondary N) is 1. The number of aliphatic imine (C=N–C) groups is 1. The highest BCUT2D eigenvalue weighted by Crippen LogP contribution is 2.18. The Hall–Kier alpha value is -1.19. The fourth-order valence-electron chi connectivity index (χ4n) is 3.54. The molecule has 0 aromatic heterocycles. The lowest BCUT2D eigenvalue weighted by Crippen LogP contribution is -2.42. The molecule has 0 radical (unpaired) electrons. The highest BCUT2D eigenvalue weighted by molar-refractivity contribution is 14.0. The number of nitrogens with zero attached hydrogens (tertiary/aromatic N) is 3. The van der Waals surface area contributed by atoms with Gasteiger partial charge in [-0.2, -0.15) is 0 Å². The molecule has 144 valence electrons. The SMILES string of the molecule is CN=C(NCc1ccc(F)c(COC)c1)N1CCC(N2CC=CC2)C1.I. The molecule has 1 aromatic carbocycles. The van der Waals surface area contributed by atoms with Crippen molar-refractivity contribution in [2.24, 2.45) is 4.99 Å². The number of guanidine groups is 1. The van der Waals surface area contributed by atoms with Gasteiger partial charge in [-0.15, -0.1) is 24.0 Å². The van der Waals surface area contributed by atoms with Gasteiger partial charge in [0.1, 0.15) is 5.82 Å². The number of benzene rings is 1. The Morgan fingerprint density at radius 2 is 2.12 bits per heavy atom. The summed E-state index contributed by atoms with van der Waals surface area (Å²) >= 11 is 0. The fraction of sp³-hybridized carbons (Fsp3) is 0.526. The Bertz CT molecular complexity index is 644.